The predicted molar refractivity (Wildman–Crippen MR) is 52.9 cm³/mol. The first-order valence-electron chi connectivity index (χ1n) is 4.04. The van der Waals surface area contributed by atoms with E-state index in [1.54, 1.807) is 11.3 Å². The molecule has 0 atom stereocenters. The summed E-state index contributed by atoms with van der Waals surface area (Å²) in [5.74, 6) is 0. The zero-order valence-corrected chi connectivity index (χ0v) is 8.57. The molecule has 2 heteroatoms. The minimum Gasteiger partial charge on any atom is -0.298 e. The van der Waals surface area contributed by atoms with Crippen molar-refractivity contribution in [1.82, 2.24) is 0 Å². The van der Waals surface area contributed by atoms with E-state index in [0.29, 0.717) is 5.41 Å². The molecule has 0 saturated carbocycles. The van der Waals surface area contributed by atoms with E-state index in [9.17, 15) is 4.79 Å². The van der Waals surface area contributed by atoms with Crippen molar-refractivity contribution in [3.8, 4) is 0 Å². The van der Waals surface area contributed by atoms with Gasteiger partial charge in [0.2, 0.25) is 0 Å². The summed E-state index contributed by atoms with van der Waals surface area (Å²) < 4.78 is 0. The molecule has 1 nitrogen and oxygen atoms in total. The molecule has 0 unspecified atom stereocenters. The van der Waals surface area contributed by atoms with E-state index in [1.165, 1.54) is 4.88 Å². The number of hydrogen-bond acceptors (Lipinski definition) is 2. The Bertz CT molecular complexity index is 268. The van der Waals surface area contributed by atoms with E-state index >= 15 is 0 Å². The summed E-state index contributed by atoms with van der Waals surface area (Å²) in [5, 5.41) is 1.91. The van der Waals surface area contributed by atoms with Crippen molar-refractivity contribution in [2.75, 3.05) is 0 Å². The molecule has 12 heavy (non-hydrogen) atoms. The van der Waals surface area contributed by atoms with Crippen LogP contribution < -0.4 is 0 Å². The van der Waals surface area contributed by atoms with E-state index in [0.717, 1.165) is 18.3 Å². The summed E-state index contributed by atoms with van der Waals surface area (Å²) in [4.78, 5) is 11.7. The molecule has 0 aliphatic heterocycles. The lowest BCUT2D eigenvalue weighted by Crippen LogP contribution is -2.07. The number of aldehydes is 1. The van der Waals surface area contributed by atoms with Crippen LogP contribution >= 0.6 is 11.3 Å². The normalized spacial score (nSPS) is 11.6. The third-order valence-corrected chi connectivity index (χ3v) is 2.47. The SMILES string of the molecule is CC(C)(C)Cc1cc(C=O)cs1. The second kappa shape index (κ2) is 3.40. The predicted octanol–water partition coefficient (Wildman–Crippen LogP) is 3.15. The van der Waals surface area contributed by atoms with Gasteiger partial charge in [-0.1, -0.05) is 20.8 Å². The van der Waals surface area contributed by atoms with Gasteiger partial charge < -0.3 is 0 Å². The van der Waals surface area contributed by atoms with Crippen LogP contribution in [-0.4, -0.2) is 6.29 Å². The van der Waals surface area contributed by atoms with Crippen LogP contribution in [0.15, 0.2) is 11.4 Å². The van der Waals surface area contributed by atoms with Gasteiger partial charge in [0.05, 0.1) is 0 Å². The third-order valence-electron chi connectivity index (χ3n) is 1.51. The van der Waals surface area contributed by atoms with Crippen LogP contribution in [0.4, 0.5) is 0 Å². The summed E-state index contributed by atoms with van der Waals surface area (Å²) in [6, 6.07) is 1.98. The Hall–Kier alpha value is -0.630. The number of carbonyl (C=O) groups excluding carboxylic acids is 1. The first kappa shape index (κ1) is 9.46. The minimum absolute atomic E-state index is 0.311. The third kappa shape index (κ3) is 2.78. The van der Waals surface area contributed by atoms with Gasteiger partial charge in [0.25, 0.3) is 0 Å². The Labute approximate surface area is 77.4 Å². The fraction of sp³-hybridized carbons (Fsp3) is 0.500. The van der Waals surface area contributed by atoms with Gasteiger partial charge >= 0.3 is 0 Å². The largest absolute Gasteiger partial charge is 0.298 e. The lowest BCUT2D eigenvalue weighted by Gasteiger charge is -2.16. The summed E-state index contributed by atoms with van der Waals surface area (Å²) in [6.45, 7) is 6.61. The Morgan fingerprint density at radius 2 is 2.17 bits per heavy atom. The van der Waals surface area contributed by atoms with Gasteiger partial charge in [-0.2, -0.15) is 0 Å². The highest BCUT2D eigenvalue weighted by Crippen LogP contribution is 2.24. The Morgan fingerprint density at radius 1 is 1.50 bits per heavy atom. The highest BCUT2D eigenvalue weighted by atomic mass is 32.1. The second-order valence-corrected chi connectivity index (χ2v) is 5.20. The maximum Gasteiger partial charge on any atom is 0.150 e. The van der Waals surface area contributed by atoms with Crippen molar-refractivity contribution in [3.05, 3.63) is 21.9 Å². The van der Waals surface area contributed by atoms with Crippen molar-refractivity contribution in [2.24, 2.45) is 5.41 Å². The van der Waals surface area contributed by atoms with Crippen molar-refractivity contribution in [3.63, 3.8) is 0 Å². The molecule has 0 aliphatic rings. The molecule has 0 fully saturated rings. The van der Waals surface area contributed by atoms with Crippen molar-refractivity contribution in [2.45, 2.75) is 27.2 Å². The minimum atomic E-state index is 0.311. The Kier molecular flexibility index (Phi) is 2.68. The second-order valence-electron chi connectivity index (χ2n) is 4.20. The first-order valence-corrected chi connectivity index (χ1v) is 4.92. The van der Waals surface area contributed by atoms with Gasteiger partial charge in [0.1, 0.15) is 0 Å². The quantitative estimate of drug-likeness (QED) is 0.642. The summed E-state index contributed by atoms with van der Waals surface area (Å²) >= 11 is 1.67. The van der Waals surface area contributed by atoms with Crippen molar-refractivity contribution >= 4 is 17.6 Å². The monoisotopic (exact) mass is 182 g/mol. The lowest BCUT2D eigenvalue weighted by atomic mass is 9.91. The molecule has 0 N–H and O–H groups in total. The standard InChI is InChI=1S/C10H14OS/c1-10(2,3)5-9-4-8(6-11)7-12-9/h4,6-7H,5H2,1-3H3. The number of hydrogen-bond donors (Lipinski definition) is 0. The molecule has 0 aromatic carbocycles. The molecule has 0 radical (unpaired) electrons. The van der Waals surface area contributed by atoms with Gasteiger partial charge in [-0.3, -0.25) is 4.79 Å². The first-order chi connectivity index (χ1) is 5.51. The van der Waals surface area contributed by atoms with Crippen molar-refractivity contribution in [1.29, 1.82) is 0 Å². The topological polar surface area (TPSA) is 17.1 Å². The average molecular weight is 182 g/mol. The molecular weight excluding hydrogens is 168 g/mol. The van der Waals surface area contributed by atoms with E-state index < -0.39 is 0 Å². The lowest BCUT2D eigenvalue weighted by molar-refractivity contribution is 0.112. The van der Waals surface area contributed by atoms with Crippen LogP contribution in [0.1, 0.15) is 36.0 Å². The van der Waals surface area contributed by atoms with E-state index in [2.05, 4.69) is 20.8 Å². The van der Waals surface area contributed by atoms with E-state index in [1.807, 2.05) is 11.4 Å². The van der Waals surface area contributed by atoms with Crippen LogP contribution in [0, 0.1) is 5.41 Å². The molecule has 0 bridgehead atoms. The van der Waals surface area contributed by atoms with Gasteiger partial charge in [-0.25, -0.2) is 0 Å². The molecule has 1 heterocycles. The zero-order valence-electron chi connectivity index (χ0n) is 7.76. The highest BCUT2D eigenvalue weighted by Gasteiger charge is 2.12. The van der Waals surface area contributed by atoms with E-state index in [4.69, 9.17) is 0 Å². The van der Waals surface area contributed by atoms with E-state index in [-0.39, 0.29) is 0 Å². The van der Waals surface area contributed by atoms with Crippen LogP contribution in [0.5, 0.6) is 0 Å². The molecule has 1 aromatic rings. The van der Waals surface area contributed by atoms with Crippen LogP contribution in [0.25, 0.3) is 0 Å². The van der Waals surface area contributed by atoms with Gasteiger partial charge in [-0.05, 0) is 17.9 Å². The van der Waals surface area contributed by atoms with Gasteiger partial charge in [0.15, 0.2) is 6.29 Å². The van der Waals surface area contributed by atoms with Crippen molar-refractivity contribution < 1.29 is 4.79 Å². The van der Waals surface area contributed by atoms with Gasteiger partial charge in [0, 0.05) is 15.8 Å². The van der Waals surface area contributed by atoms with Crippen LogP contribution in [0.3, 0.4) is 0 Å². The molecule has 1 rings (SSSR count). The Morgan fingerprint density at radius 3 is 2.58 bits per heavy atom. The van der Waals surface area contributed by atoms with Crippen LogP contribution in [-0.2, 0) is 6.42 Å². The molecule has 1 aromatic heterocycles. The molecule has 0 spiro atoms. The van der Waals surface area contributed by atoms with Gasteiger partial charge in [-0.15, -0.1) is 11.3 Å². The summed E-state index contributed by atoms with van der Waals surface area (Å²) in [7, 11) is 0. The highest BCUT2D eigenvalue weighted by molar-refractivity contribution is 7.10. The summed E-state index contributed by atoms with van der Waals surface area (Å²) in [6.07, 6.45) is 1.95. The number of rotatable bonds is 2. The maximum absolute atomic E-state index is 10.4. The maximum atomic E-state index is 10.4. The molecule has 66 valence electrons. The van der Waals surface area contributed by atoms with Crippen LogP contribution in [0.2, 0.25) is 0 Å². The molecule has 0 aliphatic carbocycles. The number of thiophene rings is 1. The smallest absolute Gasteiger partial charge is 0.150 e. The number of carbonyl (C=O) groups is 1. The fourth-order valence-electron chi connectivity index (χ4n) is 1.07. The summed E-state index contributed by atoms with van der Waals surface area (Å²) in [5.41, 5.74) is 1.12. The zero-order chi connectivity index (χ0) is 9.19. The molecule has 0 amide bonds. The Balaban J connectivity index is 2.70. The molecule has 0 saturated heterocycles. The average Bonchev–Trinajstić information content (AvgIpc) is 2.32. The fourth-order valence-corrected chi connectivity index (χ4v) is 2.21. The molecular formula is C10H14OS.